The third-order valence-corrected chi connectivity index (χ3v) is 6.59. The van der Waals surface area contributed by atoms with Crippen LogP contribution in [-0.2, 0) is 9.59 Å². The van der Waals surface area contributed by atoms with Crippen LogP contribution in [0.1, 0.15) is 51.7 Å². The number of rotatable bonds is 9. The minimum atomic E-state index is -0.863. The van der Waals surface area contributed by atoms with Gasteiger partial charge in [0, 0.05) is 48.7 Å². The van der Waals surface area contributed by atoms with Gasteiger partial charge >= 0.3 is 5.97 Å². The van der Waals surface area contributed by atoms with Gasteiger partial charge in [-0.2, -0.15) is 0 Å². The molecule has 34 heavy (non-hydrogen) atoms. The van der Waals surface area contributed by atoms with Gasteiger partial charge in [-0.25, -0.2) is 0 Å². The maximum Gasteiger partial charge on any atom is 0.307 e. The zero-order valence-corrected chi connectivity index (χ0v) is 20.8. The first kappa shape index (κ1) is 25.3. The normalized spacial score (nSPS) is 18.4. The predicted octanol–water partition coefficient (Wildman–Crippen LogP) is 5.91. The number of carbonyl (C=O) groups excluding carboxylic acids is 1. The molecule has 0 spiro atoms. The van der Waals surface area contributed by atoms with E-state index in [1.165, 1.54) is 0 Å². The van der Waals surface area contributed by atoms with Crippen molar-refractivity contribution in [2.75, 3.05) is 36.0 Å². The highest BCUT2D eigenvalue weighted by atomic mass is 16.4. The number of ketones is 1. The molecule has 0 bridgehead atoms. The summed E-state index contributed by atoms with van der Waals surface area (Å²) in [4.78, 5) is 29.7. The molecule has 2 aromatic rings. The molecule has 1 N–H and O–H groups in total. The van der Waals surface area contributed by atoms with E-state index in [1.54, 1.807) is 0 Å². The number of Topliss-reactive ketones (excluding diaryl/α,β-unsaturated/α-hetero) is 1. The van der Waals surface area contributed by atoms with Gasteiger partial charge in [-0.1, -0.05) is 24.3 Å². The number of aliphatic carboxylic acids is 1. The van der Waals surface area contributed by atoms with Crippen LogP contribution in [0.25, 0.3) is 12.2 Å². The van der Waals surface area contributed by atoms with Crippen molar-refractivity contribution < 1.29 is 14.7 Å². The van der Waals surface area contributed by atoms with Crippen molar-refractivity contribution in [1.29, 1.82) is 0 Å². The van der Waals surface area contributed by atoms with E-state index in [4.69, 9.17) is 0 Å². The molecule has 180 valence electrons. The summed E-state index contributed by atoms with van der Waals surface area (Å²) < 4.78 is 0. The van der Waals surface area contributed by atoms with Gasteiger partial charge in [0.1, 0.15) is 0 Å². The molecule has 5 heteroatoms. The molecule has 1 aliphatic rings. The van der Waals surface area contributed by atoms with Crippen LogP contribution >= 0.6 is 0 Å². The summed E-state index contributed by atoms with van der Waals surface area (Å²) in [6.07, 6.45) is 4.20. The van der Waals surface area contributed by atoms with E-state index in [1.807, 2.05) is 36.4 Å². The molecule has 1 atom stereocenters. The molecule has 3 rings (SSSR count). The van der Waals surface area contributed by atoms with Gasteiger partial charge in [0.2, 0.25) is 0 Å². The van der Waals surface area contributed by atoms with E-state index in [-0.39, 0.29) is 18.6 Å². The van der Waals surface area contributed by atoms with Crippen molar-refractivity contribution in [3.05, 3.63) is 70.8 Å². The third-order valence-electron chi connectivity index (χ3n) is 6.59. The quantitative estimate of drug-likeness (QED) is 0.472. The molecule has 1 saturated carbocycles. The number of nitrogens with zero attached hydrogens (tertiary/aromatic N) is 2. The van der Waals surface area contributed by atoms with Gasteiger partial charge in [-0.15, -0.1) is 0 Å². The molecule has 1 fully saturated rings. The first-order valence-electron chi connectivity index (χ1n) is 12.3. The Morgan fingerprint density at radius 3 is 1.41 bits per heavy atom. The lowest BCUT2D eigenvalue weighted by molar-refractivity contribution is -0.142. The van der Waals surface area contributed by atoms with Crippen LogP contribution in [0.4, 0.5) is 11.4 Å². The van der Waals surface area contributed by atoms with E-state index in [2.05, 4.69) is 61.8 Å². The van der Waals surface area contributed by atoms with Crippen molar-refractivity contribution in [2.45, 2.75) is 40.5 Å². The Morgan fingerprint density at radius 1 is 0.765 bits per heavy atom. The van der Waals surface area contributed by atoms with Gasteiger partial charge in [0.15, 0.2) is 5.78 Å². The van der Waals surface area contributed by atoms with Crippen molar-refractivity contribution >= 4 is 35.3 Å². The molecule has 2 aromatic carbocycles. The third kappa shape index (κ3) is 5.96. The van der Waals surface area contributed by atoms with Crippen LogP contribution in [0.5, 0.6) is 0 Å². The minimum absolute atomic E-state index is 0.0573. The molecule has 1 aliphatic carbocycles. The molecular formula is C29H36N2O3. The van der Waals surface area contributed by atoms with E-state index in [0.717, 1.165) is 48.7 Å². The second-order valence-electron chi connectivity index (χ2n) is 8.64. The Kier molecular flexibility index (Phi) is 8.69. The summed E-state index contributed by atoms with van der Waals surface area (Å²) in [5, 5.41) is 9.72. The van der Waals surface area contributed by atoms with E-state index >= 15 is 0 Å². The number of carboxylic acids is 1. The van der Waals surface area contributed by atoms with Crippen molar-refractivity contribution in [3.63, 3.8) is 0 Å². The largest absolute Gasteiger partial charge is 0.481 e. The van der Waals surface area contributed by atoms with Crippen LogP contribution in [0, 0.1) is 5.92 Å². The Labute approximate surface area is 203 Å². The zero-order chi connectivity index (χ0) is 24.7. The van der Waals surface area contributed by atoms with Gasteiger partial charge in [0.25, 0.3) is 0 Å². The minimum Gasteiger partial charge on any atom is -0.481 e. The van der Waals surface area contributed by atoms with Crippen molar-refractivity contribution in [1.82, 2.24) is 0 Å². The first-order chi connectivity index (χ1) is 16.4. The Bertz CT molecular complexity index is 966. The number of anilines is 2. The van der Waals surface area contributed by atoms with Crippen LogP contribution in [0.2, 0.25) is 0 Å². The Morgan fingerprint density at radius 2 is 1.12 bits per heavy atom. The average Bonchev–Trinajstić information content (AvgIpc) is 2.85. The molecule has 0 heterocycles. The fourth-order valence-corrected chi connectivity index (χ4v) is 4.56. The van der Waals surface area contributed by atoms with Crippen LogP contribution < -0.4 is 9.80 Å². The molecule has 0 aliphatic heterocycles. The molecule has 0 aromatic heterocycles. The van der Waals surface area contributed by atoms with Gasteiger partial charge in [-0.05, 0) is 88.1 Å². The lowest BCUT2D eigenvalue weighted by atomic mass is 9.80. The second-order valence-corrected chi connectivity index (χ2v) is 8.64. The zero-order valence-electron chi connectivity index (χ0n) is 20.8. The van der Waals surface area contributed by atoms with E-state index < -0.39 is 11.9 Å². The standard InChI is InChI=1S/C29H36N2O3/c1-5-30(6-2)26-13-9-21(10-14-26)17-23-19-25(29(33)34)20-24(28(23)32)18-22-11-15-27(16-12-22)31(7-3)8-4/h9-18,25H,5-8,19-20H2,1-4H3,(H,33,34)/b23-17-,24-18+. The summed E-state index contributed by atoms with van der Waals surface area (Å²) in [6.45, 7) is 12.2. The van der Waals surface area contributed by atoms with Crippen LogP contribution in [-0.4, -0.2) is 43.0 Å². The summed E-state index contributed by atoms with van der Waals surface area (Å²) in [5.41, 5.74) is 5.21. The molecule has 5 nitrogen and oxygen atoms in total. The number of benzene rings is 2. The fourth-order valence-electron chi connectivity index (χ4n) is 4.56. The van der Waals surface area contributed by atoms with Crippen molar-refractivity contribution in [3.8, 4) is 0 Å². The second kappa shape index (κ2) is 11.7. The maximum absolute atomic E-state index is 13.3. The lowest BCUT2D eigenvalue weighted by Crippen LogP contribution is -2.25. The van der Waals surface area contributed by atoms with Crippen LogP contribution in [0.15, 0.2) is 59.7 Å². The Hall–Kier alpha value is -3.34. The van der Waals surface area contributed by atoms with E-state index in [0.29, 0.717) is 11.1 Å². The highest BCUT2D eigenvalue weighted by molar-refractivity contribution is 6.14. The summed E-state index contributed by atoms with van der Waals surface area (Å²) >= 11 is 0. The topological polar surface area (TPSA) is 60.9 Å². The van der Waals surface area contributed by atoms with E-state index in [9.17, 15) is 14.7 Å². The summed E-state index contributed by atoms with van der Waals surface area (Å²) in [7, 11) is 0. The average molecular weight is 461 g/mol. The monoisotopic (exact) mass is 460 g/mol. The lowest BCUT2D eigenvalue weighted by Gasteiger charge is -2.23. The predicted molar refractivity (Wildman–Crippen MR) is 141 cm³/mol. The fraction of sp³-hybridized carbons (Fsp3) is 0.379. The number of carbonyl (C=O) groups is 2. The molecular weight excluding hydrogens is 424 g/mol. The highest BCUT2D eigenvalue weighted by Crippen LogP contribution is 2.33. The molecule has 0 radical (unpaired) electrons. The molecule has 0 amide bonds. The van der Waals surface area contributed by atoms with Gasteiger partial charge < -0.3 is 14.9 Å². The van der Waals surface area contributed by atoms with Crippen molar-refractivity contribution in [2.24, 2.45) is 5.92 Å². The Balaban J connectivity index is 1.88. The number of hydrogen-bond donors (Lipinski definition) is 1. The summed E-state index contributed by atoms with van der Waals surface area (Å²) in [5.74, 6) is -1.52. The van der Waals surface area contributed by atoms with Gasteiger partial charge in [0.05, 0.1) is 5.92 Å². The highest BCUT2D eigenvalue weighted by Gasteiger charge is 2.31. The number of allylic oxidation sites excluding steroid dienone is 2. The molecule has 1 unspecified atom stereocenters. The number of hydrogen-bond acceptors (Lipinski definition) is 4. The smallest absolute Gasteiger partial charge is 0.307 e. The first-order valence-corrected chi connectivity index (χ1v) is 12.3. The number of carboxylic acid groups (broad SMARTS) is 1. The molecule has 0 saturated heterocycles. The maximum atomic E-state index is 13.3. The SMILES string of the molecule is CCN(CC)c1ccc(/C=C2/CC(C(=O)O)C/C(=C\c3ccc(N(CC)CC)cc3)C2=O)cc1. The van der Waals surface area contributed by atoms with Crippen LogP contribution in [0.3, 0.4) is 0 Å². The summed E-state index contributed by atoms with van der Waals surface area (Å²) in [6, 6.07) is 16.2. The van der Waals surface area contributed by atoms with Gasteiger partial charge in [-0.3, -0.25) is 9.59 Å².